The van der Waals surface area contributed by atoms with Crippen molar-refractivity contribution in [2.24, 2.45) is 22.7 Å². The van der Waals surface area contributed by atoms with Crippen LogP contribution in [0.3, 0.4) is 0 Å². The van der Waals surface area contributed by atoms with Crippen molar-refractivity contribution in [3.05, 3.63) is 0 Å². The number of hydrogen-bond acceptors (Lipinski definition) is 4. The van der Waals surface area contributed by atoms with Crippen LogP contribution in [-0.2, 0) is 14.3 Å². The van der Waals surface area contributed by atoms with Gasteiger partial charge in [-0.15, -0.1) is 0 Å². The first-order chi connectivity index (χ1) is 9.87. The monoisotopic (exact) mass is 297 g/mol. The number of nitrogens with one attached hydrogen (secondary N) is 1. The lowest BCUT2D eigenvalue weighted by molar-refractivity contribution is -0.158. The third kappa shape index (κ3) is 3.98. The molecule has 0 spiro atoms. The number of methoxy groups -OCH3 is 1. The van der Waals surface area contributed by atoms with Gasteiger partial charge < -0.3 is 14.8 Å². The van der Waals surface area contributed by atoms with Gasteiger partial charge >= 0.3 is 5.97 Å². The molecule has 4 heteroatoms. The van der Waals surface area contributed by atoms with Crippen molar-refractivity contribution < 1.29 is 14.3 Å². The Morgan fingerprint density at radius 3 is 2.57 bits per heavy atom. The van der Waals surface area contributed by atoms with E-state index in [1.165, 1.54) is 7.11 Å². The minimum atomic E-state index is -0.354. The van der Waals surface area contributed by atoms with Crippen LogP contribution in [-0.4, -0.2) is 39.4 Å². The molecule has 2 heterocycles. The first-order valence-electron chi connectivity index (χ1n) is 8.24. The Kier molecular flexibility index (Phi) is 5.31. The zero-order chi connectivity index (χ0) is 15.5. The minimum absolute atomic E-state index is 0.0320. The van der Waals surface area contributed by atoms with Crippen LogP contribution in [0.15, 0.2) is 0 Å². The summed E-state index contributed by atoms with van der Waals surface area (Å²) in [4.78, 5) is 12.5. The van der Waals surface area contributed by atoms with Crippen molar-refractivity contribution in [1.29, 1.82) is 0 Å². The molecule has 2 aliphatic heterocycles. The first kappa shape index (κ1) is 16.8. The fourth-order valence-corrected chi connectivity index (χ4v) is 3.83. The number of ether oxygens (including phenoxy) is 2. The van der Waals surface area contributed by atoms with Crippen LogP contribution in [0.1, 0.15) is 46.5 Å². The van der Waals surface area contributed by atoms with Crippen LogP contribution < -0.4 is 5.32 Å². The van der Waals surface area contributed by atoms with E-state index in [1.807, 2.05) is 0 Å². The normalized spacial score (nSPS) is 31.9. The Morgan fingerprint density at radius 2 is 2.00 bits per heavy atom. The molecular formula is C17H31NO3. The Balaban J connectivity index is 2.14. The van der Waals surface area contributed by atoms with E-state index in [-0.39, 0.29) is 16.8 Å². The Labute approximate surface area is 129 Å². The molecule has 2 atom stereocenters. The Bertz CT molecular complexity index is 358. The molecule has 0 radical (unpaired) electrons. The van der Waals surface area contributed by atoms with Crippen molar-refractivity contribution in [2.75, 3.05) is 33.4 Å². The van der Waals surface area contributed by atoms with Crippen LogP contribution in [0, 0.1) is 22.7 Å². The molecule has 4 nitrogen and oxygen atoms in total. The fraction of sp³-hybridized carbons (Fsp3) is 0.941. The van der Waals surface area contributed by atoms with Gasteiger partial charge in [-0.25, -0.2) is 0 Å². The lowest BCUT2D eigenvalue weighted by Crippen LogP contribution is -2.53. The molecule has 0 aliphatic carbocycles. The summed E-state index contributed by atoms with van der Waals surface area (Å²) in [6.45, 7) is 10.2. The number of carbonyl (C=O) groups excluding carboxylic acids is 1. The van der Waals surface area contributed by atoms with Crippen molar-refractivity contribution >= 4 is 5.97 Å². The second kappa shape index (κ2) is 6.66. The average molecular weight is 297 g/mol. The Morgan fingerprint density at radius 1 is 1.33 bits per heavy atom. The molecule has 0 amide bonds. The van der Waals surface area contributed by atoms with E-state index in [2.05, 4.69) is 26.1 Å². The molecule has 0 bridgehead atoms. The predicted molar refractivity (Wildman–Crippen MR) is 83.0 cm³/mol. The second-order valence-electron chi connectivity index (χ2n) is 7.93. The van der Waals surface area contributed by atoms with Crippen molar-refractivity contribution in [3.63, 3.8) is 0 Å². The van der Waals surface area contributed by atoms with Gasteiger partial charge in [-0.2, -0.15) is 0 Å². The molecule has 0 unspecified atom stereocenters. The maximum absolute atomic E-state index is 12.5. The topological polar surface area (TPSA) is 47.6 Å². The van der Waals surface area contributed by atoms with Gasteiger partial charge in [-0.3, -0.25) is 4.79 Å². The summed E-state index contributed by atoms with van der Waals surface area (Å²) >= 11 is 0. The highest BCUT2D eigenvalue weighted by Gasteiger charge is 2.47. The Hall–Kier alpha value is -0.610. The molecule has 2 fully saturated rings. The standard InChI is InChI=1S/C17H31NO3/c1-16(2,3)14-10-17(12-18-11-14,15(19)20-4)9-13-5-7-21-8-6-13/h13-14,18H,5-12H2,1-4H3/t14-,17-/m1/s1. The van der Waals surface area contributed by atoms with E-state index in [0.717, 1.165) is 52.0 Å². The lowest BCUT2D eigenvalue weighted by atomic mass is 9.64. The van der Waals surface area contributed by atoms with Crippen molar-refractivity contribution in [3.8, 4) is 0 Å². The summed E-state index contributed by atoms with van der Waals surface area (Å²) in [5, 5.41) is 3.51. The number of esters is 1. The molecule has 0 aromatic carbocycles. The van der Waals surface area contributed by atoms with E-state index < -0.39 is 0 Å². The summed E-state index contributed by atoms with van der Waals surface area (Å²) in [5.74, 6) is 1.05. The van der Waals surface area contributed by atoms with Crippen LogP contribution >= 0.6 is 0 Å². The molecule has 122 valence electrons. The zero-order valence-electron chi connectivity index (χ0n) is 14.0. The minimum Gasteiger partial charge on any atom is -0.469 e. The third-order valence-electron chi connectivity index (χ3n) is 5.35. The molecular weight excluding hydrogens is 266 g/mol. The fourth-order valence-electron chi connectivity index (χ4n) is 3.83. The lowest BCUT2D eigenvalue weighted by Gasteiger charge is -2.45. The summed E-state index contributed by atoms with van der Waals surface area (Å²) in [6.07, 6.45) is 4.01. The molecule has 21 heavy (non-hydrogen) atoms. The number of carbonyl (C=O) groups is 1. The largest absolute Gasteiger partial charge is 0.469 e. The summed E-state index contributed by atoms with van der Waals surface area (Å²) in [6, 6.07) is 0. The SMILES string of the molecule is COC(=O)[C@@]1(CC2CCOCC2)CNC[C@H](C(C)(C)C)C1. The zero-order valence-corrected chi connectivity index (χ0v) is 14.0. The van der Waals surface area contributed by atoms with Gasteiger partial charge in [0.2, 0.25) is 0 Å². The van der Waals surface area contributed by atoms with E-state index in [0.29, 0.717) is 11.8 Å². The van der Waals surface area contributed by atoms with Gasteiger partial charge in [0.25, 0.3) is 0 Å². The van der Waals surface area contributed by atoms with Crippen LogP contribution in [0.4, 0.5) is 0 Å². The van der Waals surface area contributed by atoms with Gasteiger partial charge in [0.05, 0.1) is 12.5 Å². The molecule has 0 aromatic rings. The molecule has 1 N–H and O–H groups in total. The van der Waals surface area contributed by atoms with Gasteiger partial charge in [0.15, 0.2) is 0 Å². The summed E-state index contributed by atoms with van der Waals surface area (Å²) in [5.41, 5.74) is -0.144. The molecule has 2 aliphatic rings. The van der Waals surface area contributed by atoms with Gasteiger partial charge in [0, 0.05) is 19.8 Å². The summed E-state index contributed by atoms with van der Waals surface area (Å²) in [7, 11) is 1.52. The van der Waals surface area contributed by atoms with Crippen molar-refractivity contribution in [2.45, 2.75) is 46.5 Å². The number of hydrogen-bond donors (Lipinski definition) is 1. The molecule has 2 saturated heterocycles. The predicted octanol–water partition coefficient (Wildman–Crippen LogP) is 2.62. The second-order valence-corrected chi connectivity index (χ2v) is 7.93. The number of rotatable bonds is 3. The third-order valence-corrected chi connectivity index (χ3v) is 5.35. The van der Waals surface area contributed by atoms with Gasteiger partial charge in [-0.1, -0.05) is 20.8 Å². The maximum atomic E-state index is 12.5. The highest BCUT2D eigenvalue weighted by Crippen LogP contribution is 2.44. The number of piperidine rings is 1. The van der Waals surface area contributed by atoms with Gasteiger partial charge in [-0.05, 0) is 49.5 Å². The molecule has 0 saturated carbocycles. The first-order valence-corrected chi connectivity index (χ1v) is 8.24. The van der Waals surface area contributed by atoms with Gasteiger partial charge in [0.1, 0.15) is 0 Å². The van der Waals surface area contributed by atoms with Crippen LogP contribution in [0.25, 0.3) is 0 Å². The van der Waals surface area contributed by atoms with Crippen LogP contribution in [0.2, 0.25) is 0 Å². The molecule has 0 aromatic heterocycles. The van der Waals surface area contributed by atoms with E-state index in [1.54, 1.807) is 0 Å². The maximum Gasteiger partial charge on any atom is 0.313 e. The van der Waals surface area contributed by atoms with E-state index in [9.17, 15) is 4.79 Å². The highest BCUT2D eigenvalue weighted by atomic mass is 16.5. The van der Waals surface area contributed by atoms with Crippen molar-refractivity contribution in [1.82, 2.24) is 5.32 Å². The van der Waals surface area contributed by atoms with E-state index in [4.69, 9.17) is 9.47 Å². The van der Waals surface area contributed by atoms with Crippen LogP contribution in [0.5, 0.6) is 0 Å². The quantitative estimate of drug-likeness (QED) is 0.814. The average Bonchev–Trinajstić information content (AvgIpc) is 2.46. The highest BCUT2D eigenvalue weighted by molar-refractivity contribution is 5.77. The summed E-state index contributed by atoms with van der Waals surface area (Å²) < 4.78 is 10.6. The smallest absolute Gasteiger partial charge is 0.313 e. The molecule has 2 rings (SSSR count). The van der Waals surface area contributed by atoms with E-state index >= 15 is 0 Å².